The fraction of sp³-hybridized carbons (Fsp3) is 0.273. The van der Waals surface area contributed by atoms with Crippen molar-refractivity contribution in [2.24, 2.45) is 5.73 Å². The normalized spacial score (nSPS) is 12.8. The Hall–Kier alpha value is -1.24. The molecule has 2 rings (SSSR count). The summed E-state index contributed by atoms with van der Waals surface area (Å²) in [4.78, 5) is 14.9. The van der Waals surface area contributed by atoms with Crippen LogP contribution in [0.4, 0.5) is 0 Å². The zero-order valence-corrected chi connectivity index (χ0v) is 11.0. The molecule has 2 heterocycles. The highest BCUT2D eigenvalue weighted by Gasteiger charge is 2.11. The summed E-state index contributed by atoms with van der Waals surface area (Å²) in [5, 5.41) is 9.30. The average molecular weight is 286 g/mol. The van der Waals surface area contributed by atoms with Gasteiger partial charge in [0.2, 0.25) is 0 Å². The lowest BCUT2D eigenvalue weighted by atomic mass is 10.4. The second-order valence-corrected chi connectivity index (χ2v) is 5.27. The maximum absolute atomic E-state index is 10.5. The fourth-order valence-electron chi connectivity index (χ4n) is 1.45. The van der Waals surface area contributed by atoms with Gasteiger partial charge in [-0.15, -0.1) is 0 Å². The smallest absolute Gasteiger partial charge is 0.321 e. The van der Waals surface area contributed by atoms with Crippen LogP contribution in [-0.2, 0) is 10.5 Å². The van der Waals surface area contributed by atoms with Gasteiger partial charge in [0.25, 0.3) is 0 Å². The third kappa shape index (κ3) is 3.16. The lowest BCUT2D eigenvalue weighted by molar-refractivity contribution is -0.137. The number of hydrogen-bond acceptors (Lipinski definition) is 4. The Morgan fingerprint density at radius 1 is 1.56 bits per heavy atom. The van der Waals surface area contributed by atoms with Crippen LogP contribution in [0.3, 0.4) is 0 Å². The molecular formula is C11H12ClN3O2S. The van der Waals surface area contributed by atoms with Crippen LogP contribution in [0.5, 0.6) is 0 Å². The van der Waals surface area contributed by atoms with Gasteiger partial charge in [-0.1, -0.05) is 11.6 Å². The molecule has 0 spiro atoms. The summed E-state index contributed by atoms with van der Waals surface area (Å²) in [6.07, 6.45) is 3.65. The van der Waals surface area contributed by atoms with Gasteiger partial charge in [0.15, 0.2) is 0 Å². The Bertz CT molecular complexity index is 572. The van der Waals surface area contributed by atoms with E-state index in [0.717, 1.165) is 11.3 Å². The topological polar surface area (TPSA) is 80.6 Å². The van der Waals surface area contributed by atoms with E-state index >= 15 is 0 Å². The van der Waals surface area contributed by atoms with Crippen LogP contribution >= 0.6 is 23.4 Å². The predicted octanol–water partition coefficient (Wildman–Crippen LogP) is 1.63. The van der Waals surface area contributed by atoms with Crippen LogP contribution in [-0.4, -0.2) is 32.3 Å². The number of thioether (sulfide) groups is 1. The summed E-state index contributed by atoms with van der Waals surface area (Å²) >= 11 is 7.32. The quantitative estimate of drug-likeness (QED) is 0.873. The van der Waals surface area contributed by atoms with Crippen molar-refractivity contribution in [3.05, 3.63) is 35.2 Å². The molecule has 0 bridgehead atoms. The Kier molecular flexibility index (Phi) is 4.11. The van der Waals surface area contributed by atoms with Crippen LogP contribution in [0.25, 0.3) is 5.65 Å². The molecule has 0 aliphatic carbocycles. The van der Waals surface area contributed by atoms with Crippen molar-refractivity contribution in [2.45, 2.75) is 11.8 Å². The molecule has 0 radical (unpaired) electrons. The number of hydrogen-bond donors (Lipinski definition) is 2. The minimum absolute atomic E-state index is 0.365. The second kappa shape index (κ2) is 5.60. The van der Waals surface area contributed by atoms with Crippen LogP contribution in [0.1, 0.15) is 5.69 Å². The van der Waals surface area contributed by atoms with Crippen molar-refractivity contribution < 1.29 is 9.90 Å². The molecule has 96 valence electrons. The number of aromatic nitrogens is 2. The molecular weight excluding hydrogens is 274 g/mol. The summed E-state index contributed by atoms with van der Waals surface area (Å²) in [6, 6.07) is 2.78. The molecule has 2 aromatic rings. The number of imidazole rings is 1. The number of rotatable bonds is 5. The molecule has 7 heteroatoms. The number of pyridine rings is 1. The van der Waals surface area contributed by atoms with E-state index in [1.165, 1.54) is 11.8 Å². The molecule has 0 aliphatic heterocycles. The van der Waals surface area contributed by atoms with E-state index in [9.17, 15) is 4.79 Å². The number of halogens is 1. The summed E-state index contributed by atoms with van der Waals surface area (Å²) in [5.74, 6) is 0.00817. The monoisotopic (exact) mass is 285 g/mol. The maximum Gasteiger partial charge on any atom is 0.321 e. The number of fused-ring (bicyclic) bond motifs is 1. The van der Waals surface area contributed by atoms with Crippen molar-refractivity contribution in [3.63, 3.8) is 0 Å². The highest BCUT2D eigenvalue weighted by molar-refractivity contribution is 7.98. The minimum atomic E-state index is -0.982. The van der Waals surface area contributed by atoms with Crippen molar-refractivity contribution in [1.29, 1.82) is 0 Å². The first-order valence-electron chi connectivity index (χ1n) is 5.25. The predicted molar refractivity (Wildman–Crippen MR) is 72.0 cm³/mol. The van der Waals surface area contributed by atoms with Crippen LogP contribution in [0, 0.1) is 0 Å². The van der Waals surface area contributed by atoms with E-state index in [1.807, 2.05) is 16.7 Å². The summed E-state index contributed by atoms with van der Waals surface area (Å²) < 4.78 is 1.84. The highest BCUT2D eigenvalue weighted by atomic mass is 35.5. The summed E-state index contributed by atoms with van der Waals surface area (Å²) in [7, 11) is 0. The van der Waals surface area contributed by atoms with Crippen molar-refractivity contribution >= 4 is 35.0 Å². The molecule has 5 nitrogen and oxygen atoms in total. The van der Waals surface area contributed by atoms with Gasteiger partial charge < -0.3 is 15.2 Å². The van der Waals surface area contributed by atoms with Crippen LogP contribution in [0.15, 0.2) is 24.5 Å². The molecule has 0 saturated carbocycles. The largest absolute Gasteiger partial charge is 0.480 e. The molecule has 1 atom stereocenters. The van der Waals surface area contributed by atoms with Gasteiger partial charge in [0, 0.05) is 23.9 Å². The third-order valence-corrected chi connectivity index (χ3v) is 3.65. The van der Waals surface area contributed by atoms with Gasteiger partial charge in [-0.25, -0.2) is 4.98 Å². The van der Waals surface area contributed by atoms with Gasteiger partial charge in [0.05, 0.1) is 10.7 Å². The Balaban J connectivity index is 1.98. The number of aliphatic carboxylic acids is 1. The van der Waals surface area contributed by atoms with E-state index < -0.39 is 12.0 Å². The molecule has 0 fully saturated rings. The molecule has 0 saturated heterocycles. The number of carboxylic acid groups (broad SMARTS) is 1. The number of carbonyl (C=O) groups is 1. The molecule has 2 aromatic heterocycles. The highest BCUT2D eigenvalue weighted by Crippen LogP contribution is 2.15. The van der Waals surface area contributed by atoms with Crippen molar-refractivity contribution in [2.75, 3.05) is 5.75 Å². The molecule has 18 heavy (non-hydrogen) atoms. The second-order valence-electron chi connectivity index (χ2n) is 3.80. The molecule has 0 aliphatic rings. The Morgan fingerprint density at radius 2 is 2.33 bits per heavy atom. The van der Waals surface area contributed by atoms with Gasteiger partial charge >= 0.3 is 5.97 Å². The van der Waals surface area contributed by atoms with Crippen LogP contribution < -0.4 is 5.73 Å². The number of nitrogens with zero attached hydrogens (tertiary/aromatic N) is 2. The Morgan fingerprint density at radius 3 is 3.06 bits per heavy atom. The average Bonchev–Trinajstić information content (AvgIpc) is 2.70. The lowest BCUT2D eigenvalue weighted by Crippen LogP contribution is -2.32. The minimum Gasteiger partial charge on any atom is -0.480 e. The Labute approximate surface area is 113 Å². The fourth-order valence-corrected chi connectivity index (χ4v) is 2.48. The van der Waals surface area contributed by atoms with Gasteiger partial charge in [-0.2, -0.15) is 11.8 Å². The van der Waals surface area contributed by atoms with Crippen LogP contribution in [0.2, 0.25) is 5.02 Å². The summed E-state index contributed by atoms with van der Waals surface area (Å²) in [5.41, 5.74) is 7.10. The number of nitrogens with two attached hydrogens (primary N) is 1. The molecule has 0 aromatic carbocycles. The first-order valence-corrected chi connectivity index (χ1v) is 6.79. The van der Waals surface area contributed by atoms with E-state index in [-0.39, 0.29) is 0 Å². The number of carboxylic acids is 1. The zero-order valence-electron chi connectivity index (χ0n) is 9.41. The lowest BCUT2D eigenvalue weighted by Gasteiger charge is -2.03. The van der Waals surface area contributed by atoms with Gasteiger partial charge in [0.1, 0.15) is 11.7 Å². The van der Waals surface area contributed by atoms with Crippen molar-refractivity contribution in [1.82, 2.24) is 9.38 Å². The van der Waals surface area contributed by atoms with E-state index in [2.05, 4.69) is 4.98 Å². The van der Waals surface area contributed by atoms with Gasteiger partial charge in [-0.05, 0) is 12.1 Å². The zero-order chi connectivity index (χ0) is 13.1. The molecule has 3 N–H and O–H groups in total. The van der Waals surface area contributed by atoms with E-state index in [0.29, 0.717) is 16.5 Å². The first kappa shape index (κ1) is 13.2. The van der Waals surface area contributed by atoms with Crippen molar-refractivity contribution in [3.8, 4) is 0 Å². The van der Waals surface area contributed by atoms with E-state index in [1.54, 1.807) is 12.3 Å². The standard InChI is InChI=1S/C11H12ClN3O2S/c12-7-1-2-10-14-8(4-15(10)3-7)5-18-6-9(13)11(16)17/h1-4,9H,5-6,13H2,(H,16,17)/t9-/m0/s1. The molecule has 0 unspecified atom stereocenters. The molecule has 0 amide bonds. The SMILES string of the molecule is N[C@@H](CSCc1cn2cc(Cl)ccc2n1)C(=O)O. The summed E-state index contributed by atoms with van der Waals surface area (Å²) in [6.45, 7) is 0. The van der Waals surface area contributed by atoms with E-state index in [4.69, 9.17) is 22.4 Å². The first-order chi connectivity index (χ1) is 8.56. The third-order valence-electron chi connectivity index (χ3n) is 2.33. The maximum atomic E-state index is 10.5. The van der Waals surface area contributed by atoms with Gasteiger partial charge in [-0.3, -0.25) is 4.79 Å².